The first-order valence-corrected chi connectivity index (χ1v) is 11.0. The first-order chi connectivity index (χ1) is 12.5. The van der Waals surface area contributed by atoms with E-state index in [0.29, 0.717) is 10.6 Å². The summed E-state index contributed by atoms with van der Waals surface area (Å²) < 4.78 is 28.1. The zero-order valence-electron chi connectivity index (χ0n) is 15.2. The SMILES string of the molecule is CC1CCN(c2ccc(NS(=O)(=O)c3ccc4c(c3)CCC4)cc2)CC1. The molecule has 1 N–H and O–H groups in total. The predicted octanol–water partition coefficient (Wildman–Crippen LogP) is 4.21. The first kappa shape index (κ1) is 17.4. The minimum atomic E-state index is -3.54. The van der Waals surface area contributed by atoms with Gasteiger partial charge in [-0.1, -0.05) is 13.0 Å². The second-order valence-corrected chi connectivity index (χ2v) is 9.29. The van der Waals surface area contributed by atoms with Crippen LogP contribution in [-0.2, 0) is 22.9 Å². The quantitative estimate of drug-likeness (QED) is 0.877. The van der Waals surface area contributed by atoms with Gasteiger partial charge in [0.15, 0.2) is 0 Å². The Labute approximate surface area is 156 Å². The van der Waals surface area contributed by atoms with Gasteiger partial charge in [0.2, 0.25) is 0 Å². The van der Waals surface area contributed by atoms with Crippen LogP contribution in [0.15, 0.2) is 47.4 Å². The summed E-state index contributed by atoms with van der Waals surface area (Å²) in [5.74, 6) is 0.796. The van der Waals surface area contributed by atoms with Crippen molar-refractivity contribution in [1.82, 2.24) is 0 Å². The van der Waals surface area contributed by atoms with E-state index in [9.17, 15) is 8.42 Å². The van der Waals surface area contributed by atoms with Gasteiger partial charge in [-0.3, -0.25) is 4.72 Å². The summed E-state index contributed by atoms with van der Waals surface area (Å²) in [6.45, 7) is 4.44. The van der Waals surface area contributed by atoms with Gasteiger partial charge in [-0.15, -0.1) is 0 Å². The van der Waals surface area contributed by atoms with Gasteiger partial charge in [0.25, 0.3) is 10.0 Å². The molecule has 2 aromatic rings. The number of benzene rings is 2. The molecule has 0 bridgehead atoms. The van der Waals surface area contributed by atoms with Crippen molar-refractivity contribution >= 4 is 21.4 Å². The molecule has 0 unspecified atom stereocenters. The zero-order valence-corrected chi connectivity index (χ0v) is 16.1. The molecule has 0 aromatic heterocycles. The van der Waals surface area contributed by atoms with Crippen molar-refractivity contribution in [3.05, 3.63) is 53.6 Å². The van der Waals surface area contributed by atoms with Crippen LogP contribution in [0.25, 0.3) is 0 Å². The number of hydrogen-bond donors (Lipinski definition) is 1. The lowest BCUT2D eigenvalue weighted by Gasteiger charge is -2.32. The maximum absolute atomic E-state index is 12.7. The molecule has 0 saturated carbocycles. The highest BCUT2D eigenvalue weighted by atomic mass is 32.2. The second-order valence-electron chi connectivity index (χ2n) is 7.61. The molecule has 0 atom stereocenters. The van der Waals surface area contributed by atoms with E-state index in [1.165, 1.54) is 24.0 Å². The molecule has 5 heteroatoms. The molecular weight excluding hydrogens is 344 g/mol. The van der Waals surface area contributed by atoms with E-state index < -0.39 is 10.0 Å². The van der Waals surface area contributed by atoms with E-state index in [0.717, 1.165) is 44.0 Å². The maximum Gasteiger partial charge on any atom is 0.261 e. The van der Waals surface area contributed by atoms with Crippen molar-refractivity contribution in [2.24, 2.45) is 5.92 Å². The number of anilines is 2. The van der Waals surface area contributed by atoms with Crippen LogP contribution in [0.1, 0.15) is 37.3 Å². The number of hydrogen-bond acceptors (Lipinski definition) is 3. The molecule has 1 heterocycles. The molecule has 0 amide bonds. The van der Waals surface area contributed by atoms with E-state index in [1.54, 1.807) is 6.07 Å². The van der Waals surface area contributed by atoms with Gasteiger partial charge in [0.1, 0.15) is 0 Å². The Hall–Kier alpha value is -2.01. The van der Waals surface area contributed by atoms with Crippen LogP contribution in [0.4, 0.5) is 11.4 Å². The molecule has 2 aliphatic rings. The van der Waals surface area contributed by atoms with Crippen molar-refractivity contribution < 1.29 is 8.42 Å². The number of nitrogens with one attached hydrogen (secondary N) is 1. The number of piperidine rings is 1. The fourth-order valence-corrected chi connectivity index (χ4v) is 5.05. The van der Waals surface area contributed by atoms with E-state index in [2.05, 4.69) is 16.5 Å². The maximum atomic E-state index is 12.7. The first-order valence-electron chi connectivity index (χ1n) is 9.51. The molecule has 1 aliphatic heterocycles. The number of sulfonamides is 1. The average Bonchev–Trinajstić information content (AvgIpc) is 3.11. The topological polar surface area (TPSA) is 49.4 Å². The lowest BCUT2D eigenvalue weighted by atomic mass is 9.99. The summed E-state index contributed by atoms with van der Waals surface area (Å²) in [5.41, 5.74) is 4.23. The van der Waals surface area contributed by atoms with Crippen molar-refractivity contribution in [2.45, 2.75) is 43.9 Å². The smallest absolute Gasteiger partial charge is 0.261 e. The number of aryl methyl sites for hydroxylation is 2. The number of nitrogens with zero attached hydrogens (tertiary/aromatic N) is 1. The number of rotatable bonds is 4. The Morgan fingerprint density at radius 1 is 0.962 bits per heavy atom. The molecule has 1 fully saturated rings. The fraction of sp³-hybridized carbons (Fsp3) is 0.429. The van der Waals surface area contributed by atoms with Crippen LogP contribution in [-0.4, -0.2) is 21.5 Å². The summed E-state index contributed by atoms with van der Waals surface area (Å²) in [6.07, 6.45) is 5.57. The van der Waals surface area contributed by atoms with Crippen LogP contribution < -0.4 is 9.62 Å². The Balaban J connectivity index is 1.48. The van der Waals surface area contributed by atoms with Gasteiger partial charge in [-0.25, -0.2) is 8.42 Å². The molecule has 4 rings (SSSR count). The van der Waals surface area contributed by atoms with E-state index >= 15 is 0 Å². The monoisotopic (exact) mass is 370 g/mol. The average molecular weight is 371 g/mol. The molecule has 1 saturated heterocycles. The van der Waals surface area contributed by atoms with Gasteiger partial charge >= 0.3 is 0 Å². The highest BCUT2D eigenvalue weighted by Gasteiger charge is 2.19. The van der Waals surface area contributed by atoms with Crippen molar-refractivity contribution in [3.8, 4) is 0 Å². The normalized spacial score (nSPS) is 18.0. The van der Waals surface area contributed by atoms with Gasteiger partial charge in [-0.05, 0) is 85.5 Å². The summed E-state index contributed by atoms with van der Waals surface area (Å²) >= 11 is 0. The Morgan fingerprint density at radius 3 is 2.38 bits per heavy atom. The third-order valence-corrected chi connectivity index (χ3v) is 7.03. The Kier molecular flexibility index (Phi) is 4.65. The molecular formula is C21H26N2O2S. The summed E-state index contributed by atoms with van der Waals surface area (Å²) in [7, 11) is -3.54. The minimum absolute atomic E-state index is 0.354. The van der Waals surface area contributed by atoms with Crippen LogP contribution in [0, 0.1) is 5.92 Å². The lowest BCUT2D eigenvalue weighted by molar-refractivity contribution is 0.438. The largest absolute Gasteiger partial charge is 0.372 e. The zero-order chi connectivity index (χ0) is 18.1. The molecule has 26 heavy (non-hydrogen) atoms. The molecule has 0 radical (unpaired) electrons. The molecule has 1 aliphatic carbocycles. The predicted molar refractivity (Wildman–Crippen MR) is 106 cm³/mol. The highest BCUT2D eigenvalue weighted by Crippen LogP contribution is 2.27. The van der Waals surface area contributed by atoms with Gasteiger partial charge in [-0.2, -0.15) is 0 Å². The summed E-state index contributed by atoms with van der Waals surface area (Å²) in [4.78, 5) is 2.73. The van der Waals surface area contributed by atoms with Crippen LogP contribution in [0.3, 0.4) is 0 Å². The van der Waals surface area contributed by atoms with E-state index in [4.69, 9.17) is 0 Å². The van der Waals surface area contributed by atoms with Gasteiger partial charge < -0.3 is 4.90 Å². The van der Waals surface area contributed by atoms with Crippen LogP contribution in [0.5, 0.6) is 0 Å². The minimum Gasteiger partial charge on any atom is -0.372 e. The Morgan fingerprint density at radius 2 is 1.65 bits per heavy atom. The number of fused-ring (bicyclic) bond motifs is 1. The standard InChI is InChI=1S/C21H26N2O2S/c1-16-11-13-23(14-12-16)20-8-6-19(7-9-20)22-26(24,25)21-10-5-17-3-2-4-18(17)15-21/h5-10,15-16,22H,2-4,11-14H2,1H3. The molecule has 4 nitrogen and oxygen atoms in total. The highest BCUT2D eigenvalue weighted by molar-refractivity contribution is 7.92. The van der Waals surface area contributed by atoms with Crippen molar-refractivity contribution in [3.63, 3.8) is 0 Å². The molecule has 2 aromatic carbocycles. The Bertz CT molecular complexity index is 883. The van der Waals surface area contributed by atoms with Crippen LogP contribution in [0.2, 0.25) is 0 Å². The second kappa shape index (κ2) is 6.95. The van der Waals surface area contributed by atoms with Gasteiger partial charge in [0.05, 0.1) is 4.90 Å². The third-order valence-electron chi connectivity index (χ3n) is 5.65. The lowest BCUT2D eigenvalue weighted by Crippen LogP contribution is -2.32. The molecule has 138 valence electrons. The van der Waals surface area contributed by atoms with E-state index in [-0.39, 0.29) is 0 Å². The van der Waals surface area contributed by atoms with E-state index in [1.807, 2.05) is 36.4 Å². The summed E-state index contributed by atoms with van der Waals surface area (Å²) in [6, 6.07) is 13.2. The van der Waals surface area contributed by atoms with Crippen LogP contribution >= 0.6 is 0 Å². The summed E-state index contributed by atoms with van der Waals surface area (Å²) in [5, 5.41) is 0. The fourth-order valence-electron chi connectivity index (χ4n) is 3.94. The van der Waals surface area contributed by atoms with Crippen molar-refractivity contribution in [2.75, 3.05) is 22.7 Å². The third kappa shape index (κ3) is 3.58. The van der Waals surface area contributed by atoms with Crippen molar-refractivity contribution in [1.29, 1.82) is 0 Å². The van der Waals surface area contributed by atoms with Gasteiger partial charge in [0, 0.05) is 24.5 Å². The molecule has 0 spiro atoms.